The van der Waals surface area contributed by atoms with Crippen LogP contribution in [0, 0.1) is 5.82 Å². The third-order valence-corrected chi connectivity index (χ3v) is 5.09. The fourth-order valence-electron chi connectivity index (χ4n) is 2.24. The predicted molar refractivity (Wildman–Crippen MR) is 103 cm³/mol. The molecule has 0 fully saturated rings. The highest BCUT2D eigenvalue weighted by molar-refractivity contribution is 7.99. The number of halogens is 1. The third kappa shape index (κ3) is 4.67. The maximum absolute atomic E-state index is 13.0. The second kappa shape index (κ2) is 7.80. The van der Waals surface area contributed by atoms with E-state index in [9.17, 15) is 9.18 Å². The lowest BCUT2D eigenvalue weighted by Gasteiger charge is -2.07. The molecule has 0 aliphatic rings. The van der Waals surface area contributed by atoms with E-state index in [0.717, 1.165) is 10.5 Å². The molecule has 0 spiro atoms. The van der Waals surface area contributed by atoms with Crippen molar-refractivity contribution in [3.05, 3.63) is 65.3 Å². The summed E-state index contributed by atoms with van der Waals surface area (Å²) in [6, 6.07) is 13.7. The number of amides is 1. The Morgan fingerprint density at radius 3 is 2.68 bits per heavy atom. The van der Waals surface area contributed by atoms with Crippen molar-refractivity contribution >= 4 is 34.1 Å². The maximum atomic E-state index is 13.0. The Morgan fingerprint density at radius 2 is 1.96 bits per heavy atom. The van der Waals surface area contributed by atoms with Crippen LogP contribution in [0.1, 0.15) is 24.2 Å². The van der Waals surface area contributed by atoms with Crippen LogP contribution in [-0.2, 0) is 0 Å². The van der Waals surface area contributed by atoms with E-state index >= 15 is 0 Å². The average Bonchev–Trinajstić information content (AvgIpc) is 3.03. The normalized spacial score (nSPS) is 10.9. The number of hydrogen-bond acceptors (Lipinski definition) is 4. The number of thiazole rings is 1. The number of carbonyl (C=O) groups is 1. The SMILES string of the molecule is CC(C)Sc1cccc(C(=O)Nc2nc(-c3ccc(F)cc3)cs2)c1. The highest BCUT2D eigenvalue weighted by Crippen LogP contribution is 2.26. The molecular formula is C19H17FN2OS2. The molecule has 0 radical (unpaired) electrons. The molecule has 1 aromatic heterocycles. The highest BCUT2D eigenvalue weighted by Gasteiger charge is 2.11. The van der Waals surface area contributed by atoms with Gasteiger partial charge in [-0.25, -0.2) is 9.37 Å². The predicted octanol–water partition coefficient (Wildman–Crippen LogP) is 5.70. The molecule has 0 saturated heterocycles. The van der Waals surface area contributed by atoms with Crippen LogP contribution in [0.4, 0.5) is 9.52 Å². The van der Waals surface area contributed by atoms with Crippen molar-refractivity contribution in [2.24, 2.45) is 0 Å². The minimum atomic E-state index is -0.286. The summed E-state index contributed by atoms with van der Waals surface area (Å²) in [5.74, 6) is -0.474. The van der Waals surface area contributed by atoms with Crippen LogP contribution in [0.25, 0.3) is 11.3 Å². The Morgan fingerprint density at radius 1 is 1.20 bits per heavy atom. The molecule has 0 aliphatic carbocycles. The number of carbonyl (C=O) groups excluding carboxylic acids is 1. The second-order valence-corrected chi connectivity index (χ2v) is 8.20. The van der Waals surface area contributed by atoms with Gasteiger partial charge in [-0.1, -0.05) is 19.9 Å². The Kier molecular flexibility index (Phi) is 5.50. The Balaban J connectivity index is 1.72. The van der Waals surface area contributed by atoms with Crippen molar-refractivity contribution in [3.8, 4) is 11.3 Å². The van der Waals surface area contributed by atoms with Gasteiger partial charge in [-0.2, -0.15) is 0 Å². The maximum Gasteiger partial charge on any atom is 0.257 e. The van der Waals surface area contributed by atoms with Gasteiger partial charge in [0.05, 0.1) is 5.69 Å². The van der Waals surface area contributed by atoms with Gasteiger partial charge in [-0.05, 0) is 42.5 Å². The van der Waals surface area contributed by atoms with Crippen LogP contribution in [-0.4, -0.2) is 16.1 Å². The standard InChI is InChI=1S/C19H17FN2OS2/c1-12(2)25-16-5-3-4-14(10-16)18(23)22-19-21-17(11-24-19)13-6-8-15(20)9-7-13/h3-12H,1-2H3,(H,21,22,23). The van der Waals surface area contributed by atoms with Crippen molar-refractivity contribution in [1.82, 2.24) is 4.98 Å². The molecule has 1 N–H and O–H groups in total. The first-order valence-electron chi connectivity index (χ1n) is 7.81. The number of aromatic nitrogens is 1. The molecule has 0 aliphatic heterocycles. The minimum Gasteiger partial charge on any atom is -0.298 e. The monoisotopic (exact) mass is 372 g/mol. The molecule has 6 heteroatoms. The number of nitrogens with one attached hydrogen (secondary N) is 1. The first kappa shape index (κ1) is 17.6. The van der Waals surface area contributed by atoms with Gasteiger partial charge in [0.15, 0.2) is 5.13 Å². The van der Waals surface area contributed by atoms with Gasteiger partial charge in [-0.15, -0.1) is 23.1 Å². The fraction of sp³-hybridized carbons (Fsp3) is 0.158. The minimum absolute atomic E-state index is 0.189. The van der Waals surface area contributed by atoms with Gasteiger partial charge in [0.25, 0.3) is 5.91 Å². The van der Waals surface area contributed by atoms with Crippen LogP contribution in [0.15, 0.2) is 58.8 Å². The molecule has 1 amide bonds. The van der Waals surface area contributed by atoms with E-state index in [4.69, 9.17) is 0 Å². The van der Waals surface area contributed by atoms with Gasteiger partial charge < -0.3 is 0 Å². The number of thioether (sulfide) groups is 1. The average molecular weight is 372 g/mol. The molecule has 2 aromatic carbocycles. The largest absolute Gasteiger partial charge is 0.298 e. The van der Waals surface area contributed by atoms with Crippen LogP contribution < -0.4 is 5.32 Å². The zero-order valence-corrected chi connectivity index (χ0v) is 15.5. The van der Waals surface area contributed by atoms with Crippen molar-refractivity contribution in [3.63, 3.8) is 0 Å². The summed E-state index contributed by atoms with van der Waals surface area (Å²) in [7, 11) is 0. The van der Waals surface area contributed by atoms with Crippen molar-refractivity contribution in [1.29, 1.82) is 0 Å². The lowest BCUT2D eigenvalue weighted by atomic mass is 10.2. The summed E-state index contributed by atoms with van der Waals surface area (Å²) < 4.78 is 13.0. The summed E-state index contributed by atoms with van der Waals surface area (Å²) in [5.41, 5.74) is 2.13. The van der Waals surface area contributed by atoms with E-state index in [-0.39, 0.29) is 11.7 Å². The zero-order chi connectivity index (χ0) is 17.8. The number of anilines is 1. The molecule has 0 atom stereocenters. The molecule has 3 rings (SSSR count). The highest BCUT2D eigenvalue weighted by atomic mass is 32.2. The molecule has 3 nitrogen and oxygen atoms in total. The molecule has 0 saturated carbocycles. The van der Waals surface area contributed by atoms with Crippen LogP contribution in [0.3, 0.4) is 0 Å². The van der Waals surface area contributed by atoms with Crippen molar-refractivity contribution in [2.45, 2.75) is 24.0 Å². The molecule has 0 unspecified atom stereocenters. The third-order valence-electron chi connectivity index (χ3n) is 3.33. The molecular weight excluding hydrogens is 355 g/mol. The topological polar surface area (TPSA) is 42.0 Å². The second-order valence-electron chi connectivity index (χ2n) is 5.69. The Labute approximate surface area is 154 Å². The van der Waals surface area contributed by atoms with Gasteiger partial charge in [0.1, 0.15) is 5.82 Å². The first-order valence-corrected chi connectivity index (χ1v) is 9.57. The van der Waals surface area contributed by atoms with Gasteiger partial charge >= 0.3 is 0 Å². The lowest BCUT2D eigenvalue weighted by Crippen LogP contribution is -2.11. The Hall–Kier alpha value is -2.18. The summed E-state index contributed by atoms with van der Waals surface area (Å²) in [6.07, 6.45) is 0. The molecule has 25 heavy (non-hydrogen) atoms. The van der Waals surface area contributed by atoms with Crippen LogP contribution in [0.2, 0.25) is 0 Å². The van der Waals surface area contributed by atoms with Gasteiger partial charge in [-0.3, -0.25) is 10.1 Å². The van der Waals surface area contributed by atoms with E-state index in [1.807, 2.05) is 23.6 Å². The number of hydrogen-bond donors (Lipinski definition) is 1. The van der Waals surface area contributed by atoms with Gasteiger partial charge in [0, 0.05) is 26.7 Å². The number of rotatable bonds is 5. The zero-order valence-electron chi connectivity index (χ0n) is 13.8. The lowest BCUT2D eigenvalue weighted by molar-refractivity contribution is 0.102. The quantitative estimate of drug-likeness (QED) is 0.584. The van der Waals surface area contributed by atoms with E-state index in [0.29, 0.717) is 21.6 Å². The summed E-state index contributed by atoms with van der Waals surface area (Å²) in [6.45, 7) is 4.23. The van der Waals surface area contributed by atoms with E-state index < -0.39 is 0 Å². The fourth-order valence-corrected chi connectivity index (χ4v) is 3.85. The van der Waals surface area contributed by atoms with Crippen LogP contribution in [0.5, 0.6) is 0 Å². The van der Waals surface area contributed by atoms with Crippen LogP contribution >= 0.6 is 23.1 Å². The van der Waals surface area contributed by atoms with E-state index in [1.54, 1.807) is 30.0 Å². The van der Waals surface area contributed by atoms with Crippen molar-refractivity contribution in [2.75, 3.05) is 5.32 Å². The smallest absolute Gasteiger partial charge is 0.257 e. The molecule has 128 valence electrons. The summed E-state index contributed by atoms with van der Waals surface area (Å²) in [4.78, 5) is 17.9. The summed E-state index contributed by atoms with van der Waals surface area (Å²) in [5, 5.41) is 5.64. The molecule has 1 heterocycles. The van der Waals surface area contributed by atoms with Crippen molar-refractivity contribution < 1.29 is 9.18 Å². The first-order chi connectivity index (χ1) is 12.0. The molecule has 3 aromatic rings. The van der Waals surface area contributed by atoms with E-state index in [2.05, 4.69) is 24.1 Å². The number of nitrogens with zero attached hydrogens (tertiary/aromatic N) is 1. The van der Waals surface area contributed by atoms with Gasteiger partial charge in [0.2, 0.25) is 0 Å². The number of benzene rings is 2. The van der Waals surface area contributed by atoms with E-state index in [1.165, 1.54) is 23.5 Å². The Bertz CT molecular complexity index is 875. The molecule has 0 bridgehead atoms. The summed E-state index contributed by atoms with van der Waals surface area (Å²) >= 11 is 3.06.